The molecule has 3 aromatic carbocycles. The third-order valence-electron chi connectivity index (χ3n) is 3.43. The molecule has 3 aromatic rings. The Labute approximate surface area is 130 Å². The number of rotatable bonds is 4. The molecule has 0 amide bonds. The van der Waals surface area contributed by atoms with E-state index in [2.05, 4.69) is 42.5 Å². The van der Waals surface area contributed by atoms with E-state index in [1.54, 1.807) is 12.1 Å². The normalized spacial score (nSPS) is 9.95. The van der Waals surface area contributed by atoms with Gasteiger partial charge in [0, 0.05) is 0 Å². The van der Waals surface area contributed by atoms with E-state index < -0.39 is 0 Å². The highest BCUT2D eigenvalue weighted by molar-refractivity contribution is 5.63. The van der Waals surface area contributed by atoms with Crippen LogP contribution in [0.2, 0.25) is 0 Å². The number of nitrogens with zero attached hydrogens (tertiary/aromatic N) is 1. The highest BCUT2D eigenvalue weighted by atomic mass is 16.5. The van der Waals surface area contributed by atoms with Crippen LogP contribution in [0.15, 0.2) is 78.9 Å². The molecule has 22 heavy (non-hydrogen) atoms. The van der Waals surface area contributed by atoms with Gasteiger partial charge in [-0.15, -0.1) is 0 Å². The van der Waals surface area contributed by atoms with Crippen LogP contribution in [-0.2, 0) is 6.61 Å². The van der Waals surface area contributed by atoms with Gasteiger partial charge in [-0.2, -0.15) is 5.26 Å². The Kier molecular flexibility index (Phi) is 4.17. The van der Waals surface area contributed by atoms with Crippen LogP contribution in [0.25, 0.3) is 11.1 Å². The molecule has 106 valence electrons. The monoisotopic (exact) mass is 285 g/mol. The summed E-state index contributed by atoms with van der Waals surface area (Å²) >= 11 is 0. The number of ether oxygens (including phenoxy) is 1. The third-order valence-corrected chi connectivity index (χ3v) is 3.43. The maximum Gasteiger partial charge on any atom is 0.121 e. The van der Waals surface area contributed by atoms with Crippen LogP contribution in [0.3, 0.4) is 0 Å². The Morgan fingerprint density at radius 2 is 1.50 bits per heavy atom. The van der Waals surface area contributed by atoms with Gasteiger partial charge in [-0.1, -0.05) is 60.7 Å². The van der Waals surface area contributed by atoms with Crippen molar-refractivity contribution in [2.24, 2.45) is 0 Å². The highest BCUT2D eigenvalue weighted by Crippen LogP contribution is 2.20. The van der Waals surface area contributed by atoms with E-state index in [1.807, 2.05) is 30.3 Å². The van der Waals surface area contributed by atoms with Crippen molar-refractivity contribution in [2.75, 3.05) is 0 Å². The minimum atomic E-state index is 0.490. The lowest BCUT2D eigenvalue weighted by molar-refractivity contribution is 0.306. The van der Waals surface area contributed by atoms with Crippen molar-refractivity contribution in [3.8, 4) is 22.9 Å². The average Bonchev–Trinajstić information content (AvgIpc) is 2.61. The molecule has 0 aliphatic heterocycles. The Morgan fingerprint density at radius 3 is 2.23 bits per heavy atom. The maximum absolute atomic E-state index is 8.88. The van der Waals surface area contributed by atoms with E-state index in [0.29, 0.717) is 17.9 Å². The van der Waals surface area contributed by atoms with Crippen molar-refractivity contribution in [3.05, 3.63) is 90.0 Å². The Balaban J connectivity index is 1.68. The van der Waals surface area contributed by atoms with Crippen LogP contribution < -0.4 is 4.74 Å². The van der Waals surface area contributed by atoms with Crippen molar-refractivity contribution in [1.82, 2.24) is 0 Å². The molecule has 3 rings (SSSR count). The molecule has 0 unspecified atom stereocenters. The molecule has 0 saturated heterocycles. The fourth-order valence-electron chi connectivity index (χ4n) is 2.25. The number of hydrogen-bond donors (Lipinski definition) is 0. The van der Waals surface area contributed by atoms with Crippen LogP contribution in [0, 0.1) is 11.3 Å². The first kappa shape index (κ1) is 13.9. The standard InChI is InChI=1S/C20H15NO/c21-14-17-5-4-8-20(13-17)22-15-16-9-11-19(12-10-16)18-6-2-1-3-7-18/h1-13H,15H2. The summed E-state index contributed by atoms with van der Waals surface area (Å²) in [5.41, 5.74) is 4.10. The molecule has 0 radical (unpaired) electrons. The summed E-state index contributed by atoms with van der Waals surface area (Å²) in [6, 6.07) is 27.9. The summed E-state index contributed by atoms with van der Waals surface area (Å²) in [5, 5.41) is 8.88. The Bertz CT molecular complexity index is 786. The van der Waals surface area contributed by atoms with Crippen LogP contribution in [-0.4, -0.2) is 0 Å². The molecule has 0 aliphatic carbocycles. The fourth-order valence-corrected chi connectivity index (χ4v) is 2.25. The minimum absolute atomic E-state index is 0.490. The van der Waals surface area contributed by atoms with Crippen LogP contribution in [0.1, 0.15) is 11.1 Å². The highest BCUT2D eigenvalue weighted by Gasteiger charge is 2.00. The van der Waals surface area contributed by atoms with Crippen molar-refractivity contribution < 1.29 is 4.74 Å². The average molecular weight is 285 g/mol. The van der Waals surface area contributed by atoms with Gasteiger partial charge in [-0.25, -0.2) is 0 Å². The minimum Gasteiger partial charge on any atom is -0.489 e. The van der Waals surface area contributed by atoms with Crippen molar-refractivity contribution in [3.63, 3.8) is 0 Å². The maximum atomic E-state index is 8.88. The predicted octanol–water partition coefficient (Wildman–Crippen LogP) is 4.80. The molecule has 0 bridgehead atoms. The zero-order valence-electron chi connectivity index (χ0n) is 12.1. The van der Waals surface area contributed by atoms with Gasteiger partial charge in [-0.3, -0.25) is 0 Å². The van der Waals surface area contributed by atoms with Gasteiger partial charge in [0.15, 0.2) is 0 Å². The van der Waals surface area contributed by atoms with Gasteiger partial charge in [0.1, 0.15) is 12.4 Å². The predicted molar refractivity (Wildman–Crippen MR) is 87.4 cm³/mol. The zero-order valence-corrected chi connectivity index (χ0v) is 12.1. The van der Waals surface area contributed by atoms with Crippen molar-refractivity contribution in [1.29, 1.82) is 5.26 Å². The topological polar surface area (TPSA) is 33.0 Å². The Hall–Kier alpha value is -3.05. The summed E-state index contributed by atoms with van der Waals surface area (Å²) in [4.78, 5) is 0. The number of hydrogen-bond acceptors (Lipinski definition) is 2. The third kappa shape index (κ3) is 3.34. The molecule has 2 heteroatoms. The second-order valence-corrected chi connectivity index (χ2v) is 4.99. The SMILES string of the molecule is N#Cc1cccc(OCc2ccc(-c3ccccc3)cc2)c1. The smallest absolute Gasteiger partial charge is 0.121 e. The largest absolute Gasteiger partial charge is 0.489 e. The molecular weight excluding hydrogens is 270 g/mol. The zero-order chi connectivity index (χ0) is 15.2. The molecule has 0 atom stereocenters. The van der Waals surface area contributed by atoms with E-state index in [9.17, 15) is 0 Å². The summed E-state index contributed by atoms with van der Waals surface area (Å²) in [7, 11) is 0. The van der Waals surface area contributed by atoms with E-state index in [-0.39, 0.29) is 0 Å². The van der Waals surface area contributed by atoms with Crippen LogP contribution in [0.5, 0.6) is 5.75 Å². The van der Waals surface area contributed by atoms with Gasteiger partial charge >= 0.3 is 0 Å². The second-order valence-electron chi connectivity index (χ2n) is 4.99. The summed E-state index contributed by atoms with van der Waals surface area (Å²) in [5.74, 6) is 0.714. The lowest BCUT2D eigenvalue weighted by Gasteiger charge is -2.07. The summed E-state index contributed by atoms with van der Waals surface area (Å²) in [6.07, 6.45) is 0. The van der Waals surface area contributed by atoms with E-state index in [1.165, 1.54) is 11.1 Å². The molecule has 0 N–H and O–H groups in total. The Morgan fingerprint density at radius 1 is 0.773 bits per heavy atom. The van der Waals surface area contributed by atoms with E-state index in [4.69, 9.17) is 10.00 Å². The summed E-state index contributed by atoms with van der Waals surface area (Å²) in [6.45, 7) is 0.490. The van der Waals surface area contributed by atoms with Crippen LogP contribution >= 0.6 is 0 Å². The first-order chi connectivity index (χ1) is 10.8. The molecule has 0 aromatic heterocycles. The quantitative estimate of drug-likeness (QED) is 0.689. The molecule has 0 aliphatic rings. The van der Waals surface area contributed by atoms with Gasteiger partial charge in [0.25, 0.3) is 0 Å². The lowest BCUT2D eigenvalue weighted by Crippen LogP contribution is -1.95. The van der Waals surface area contributed by atoms with Gasteiger partial charge < -0.3 is 4.74 Å². The molecule has 0 spiro atoms. The van der Waals surface area contributed by atoms with Crippen LogP contribution in [0.4, 0.5) is 0 Å². The van der Waals surface area contributed by atoms with Gasteiger partial charge in [-0.05, 0) is 34.9 Å². The van der Waals surface area contributed by atoms with E-state index in [0.717, 1.165) is 5.56 Å². The number of benzene rings is 3. The van der Waals surface area contributed by atoms with E-state index >= 15 is 0 Å². The first-order valence-electron chi connectivity index (χ1n) is 7.12. The molecular formula is C20H15NO. The van der Waals surface area contributed by atoms with Gasteiger partial charge in [0.05, 0.1) is 11.6 Å². The molecule has 0 fully saturated rings. The molecule has 2 nitrogen and oxygen atoms in total. The van der Waals surface area contributed by atoms with Gasteiger partial charge in [0.2, 0.25) is 0 Å². The summed E-state index contributed by atoms with van der Waals surface area (Å²) < 4.78 is 5.73. The molecule has 0 saturated carbocycles. The van der Waals surface area contributed by atoms with Crippen molar-refractivity contribution >= 4 is 0 Å². The lowest BCUT2D eigenvalue weighted by atomic mass is 10.0. The molecule has 0 heterocycles. The fraction of sp³-hybridized carbons (Fsp3) is 0.0500. The first-order valence-corrected chi connectivity index (χ1v) is 7.12. The van der Waals surface area contributed by atoms with Crippen molar-refractivity contribution in [2.45, 2.75) is 6.61 Å². The number of nitriles is 1. The second kappa shape index (κ2) is 6.60.